The van der Waals surface area contributed by atoms with Crippen LogP contribution in [-0.4, -0.2) is 60.4 Å². The summed E-state index contributed by atoms with van der Waals surface area (Å²) in [5.74, 6) is -0.251. The van der Waals surface area contributed by atoms with Gasteiger partial charge in [0.25, 0.3) is 5.91 Å². The minimum absolute atomic E-state index is 0.0404. The molecule has 0 spiro atoms. The third-order valence-electron chi connectivity index (χ3n) is 5.22. The van der Waals surface area contributed by atoms with Crippen LogP contribution < -0.4 is 0 Å². The van der Waals surface area contributed by atoms with Gasteiger partial charge in [0.05, 0.1) is 0 Å². The lowest BCUT2D eigenvalue weighted by Gasteiger charge is -2.33. The average Bonchev–Trinajstić information content (AvgIpc) is 2.70. The van der Waals surface area contributed by atoms with Crippen molar-refractivity contribution in [2.75, 3.05) is 27.2 Å². The standard InChI is InChI=1S/C24H30N2O4/c1-24(2,3)30-23(29)26-12-6-7-20(15-26)21(27)18-10-8-17-14-19(22(28)25(4)5)11-9-16(17)13-18/h8-11,13-14,20H,6-7,12,15H2,1-5H3. The largest absolute Gasteiger partial charge is 0.444 e. The highest BCUT2D eigenvalue weighted by Crippen LogP contribution is 2.25. The first-order chi connectivity index (χ1) is 14.0. The van der Waals surface area contributed by atoms with Crippen LogP contribution in [0.15, 0.2) is 36.4 Å². The Morgan fingerprint density at radius 1 is 1.00 bits per heavy atom. The lowest BCUT2D eigenvalue weighted by atomic mass is 9.89. The van der Waals surface area contributed by atoms with Crippen molar-refractivity contribution in [1.29, 1.82) is 0 Å². The number of amides is 2. The predicted molar refractivity (Wildman–Crippen MR) is 117 cm³/mol. The summed E-state index contributed by atoms with van der Waals surface area (Å²) in [7, 11) is 3.44. The quantitative estimate of drug-likeness (QED) is 0.705. The van der Waals surface area contributed by atoms with Gasteiger partial charge in [0.2, 0.25) is 0 Å². The number of carbonyl (C=O) groups is 3. The number of ketones is 1. The minimum Gasteiger partial charge on any atom is -0.444 e. The van der Waals surface area contributed by atoms with Gasteiger partial charge >= 0.3 is 6.09 Å². The lowest BCUT2D eigenvalue weighted by Crippen LogP contribution is -2.44. The Labute approximate surface area is 177 Å². The first-order valence-corrected chi connectivity index (χ1v) is 10.3. The van der Waals surface area contributed by atoms with Gasteiger partial charge in [0.15, 0.2) is 5.78 Å². The highest BCUT2D eigenvalue weighted by molar-refractivity contribution is 6.03. The van der Waals surface area contributed by atoms with E-state index in [1.807, 2.05) is 45.0 Å². The smallest absolute Gasteiger partial charge is 0.410 e. The second-order valence-corrected chi connectivity index (χ2v) is 9.11. The van der Waals surface area contributed by atoms with Crippen molar-refractivity contribution in [2.24, 2.45) is 5.92 Å². The fourth-order valence-corrected chi connectivity index (χ4v) is 3.71. The van der Waals surface area contributed by atoms with Gasteiger partial charge in [-0.2, -0.15) is 0 Å². The molecule has 0 bridgehead atoms. The number of hydrogen-bond acceptors (Lipinski definition) is 4. The van der Waals surface area contributed by atoms with Crippen molar-refractivity contribution in [3.05, 3.63) is 47.5 Å². The summed E-state index contributed by atoms with van der Waals surface area (Å²) in [6.45, 7) is 6.50. The molecule has 1 saturated heterocycles. The molecule has 2 aromatic carbocycles. The van der Waals surface area contributed by atoms with E-state index in [1.54, 1.807) is 36.0 Å². The Morgan fingerprint density at radius 2 is 1.60 bits per heavy atom. The maximum atomic E-state index is 13.1. The Hall–Kier alpha value is -2.89. The van der Waals surface area contributed by atoms with Crippen molar-refractivity contribution in [2.45, 2.75) is 39.2 Å². The molecule has 2 amide bonds. The number of nitrogens with zero attached hydrogens (tertiary/aromatic N) is 2. The van der Waals surface area contributed by atoms with E-state index in [4.69, 9.17) is 4.74 Å². The van der Waals surface area contributed by atoms with Gasteiger partial charge in [0, 0.05) is 44.2 Å². The van der Waals surface area contributed by atoms with E-state index < -0.39 is 5.60 Å². The number of benzene rings is 2. The van der Waals surface area contributed by atoms with Gasteiger partial charge < -0.3 is 14.5 Å². The molecule has 6 nitrogen and oxygen atoms in total. The summed E-state index contributed by atoms with van der Waals surface area (Å²) in [5.41, 5.74) is 0.691. The maximum Gasteiger partial charge on any atom is 0.410 e. The summed E-state index contributed by atoms with van der Waals surface area (Å²) >= 11 is 0. The van der Waals surface area contributed by atoms with Crippen molar-refractivity contribution < 1.29 is 19.1 Å². The van der Waals surface area contributed by atoms with E-state index in [1.165, 1.54) is 0 Å². The second kappa shape index (κ2) is 8.46. The van der Waals surface area contributed by atoms with Crippen LogP contribution in [0.3, 0.4) is 0 Å². The normalized spacial score (nSPS) is 17.0. The summed E-state index contributed by atoms with van der Waals surface area (Å²) in [6.07, 6.45) is 1.17. The molecular formula is C24H30N2O4. The highest BCUT2D eigenvalue weighted by Gasteiger charge is 2.31. The van der Waals surface area contributed by atoms with Crippen LogP contribution in [0.4, 0.5) is 4.79 Å². The topological polar surface area (TPSA) is 66.9 Å². The van der Waals surface area contributed by atoms with Gasteiger partial charge in [-0.05, 0) is 62.6 Å². The Bertz CT molecular complexity index is 975. The van der Waals surface area contributed by atoms with Crippen LogP contribution in [0.5, 0.6) is 0 Å². The van der Waals surface area contributed by atoms with Gasteiger partial charge in [-0.1, -0.05) is 18.2 Å². The van der Waals surface area contributed by atoms with E-state index in [-0.39, 0.29) is 23.7 Å². The molecule has 1 atom stereocenters. The van der Waals surface area contributed by atoms with Crippen LogP contribution in [0.2, 0.25) is 0 Å². The zero-order valence-corrected chi connectivity index (χ0v) is 18.4. The summed E-state index contributed by atoms with van der Waals surface area (Å²) in [4.78, 5) is 40.9. The SMILES string of the molecule is CN(C)C(=O)c1ccc2cc(C(=O)C3CCCN(C(=O)OC(C)(C)C)C3)ccc2c1. The van der Waals surface area contributed by atoms with Crippen LogP contribution in [0.25, 0.3) is 10.8 Å². The maximum absolute atomic E-state index is 13.1. The molecule has 0 radical (unpaired) electrons. The van der Waals surface area contributed by atoms with E-state index in [0.29, 0.717) is 24.2 Å². The molecule has 30 heavy (non-hydrogen) atoms. The Balaban J connectivity index is 1.76. The van der Waals surface area contributed by atoms with E-state index >= 15 is 0 Å². The molecular weight excluding hydrogens is 380 g/mol. The number of fused-ring (bicyclic) bond motifs is 1. The minimum atomic E-state index is -0.556. The predicted octanol–water partition coefficient (Wildman–Crippen LogP) is 4.37. The lowest BCUT2D eigenvalue weighted by molar-refractivity contribution is 0.0172. The van der Waals surface area contributed by atoms with Crippen LogP contribution in [0, 0.1) is 5.92 Å². The van der Waals surface area contributed by atoms with Crippen molar-refractivity contribution in [3.63, 3.8) is 0 Å². The molecule has 1 heterocycles. The molecule has 1 aliphatic heterocycles. The number of Topliss-reactive ketones (excluding diaryl/α,β-unsaturated/α-hetero) is 1. The Morgan fingerprint density at radius 3 is 2.20 bits per heavy atom. The molecule has 2 aromatic rings. The second-order valence-electron chi connectivity index (χ2n) is 9.11. The monoisotopic (exact) mass is 410 g/mol. The van der Waals surface area contributed by atoms with Gasteiger partial charge in [-0.25, -0.2) is 4.79 Å². The van der Waals surface area contributed by atoms with Gasteiger partial charge in [-0.15, -0.1) is 0 Å². The van der Waals surface area contributed by atoms with E-state index in [9.17, 15) is 14.4 Å². The van der Waals surface area contributed by atoms with Crippen molar-refractivity contribution in [1.82, 2.24) is 9.80 Å². The van der Waals surface area contributed by atoms with Gasteiger partial charge in [-0.3, -0.25) is 9.59 Å². The molecule has 1 fully saturated rings. The molecule has 1 unspecified atom stereocenters. The number of hydrogen-bond donors (Lipinski definition) is 0. The first-order valence-electron chi connectivity index (χ1n) is 10.3. The molecule has 0 N–H and O–H groups in total. The van der Waals surface area contributed by atoms with Crippen LogP contribution in [-0.2, 0) is 4.74 Å². The summed E-state index contributed by atoms with van der Waals surface area (Å²) < 4.78 is 5.46. The average molecular weight is 411 g/mol. The first kappa shape index (κ1) is 21.8. The van der Waals surface area contributed by atoms with Crippen molar-refractivity contribution in [3.8, 4) is 0 Å². The molecule has 0 saturated carbocycles. The van der Waals surface area contributed by atoms with E-state index in [2.05, 4.69) is 0 Å². The number of ether oxygens (including phenoxy) is 1. The number of rotatable bonds is 3. The highest BCUT2D eigenvalue weighted by atomic mass is 16.6. The molecule has 6 heteroatoms. The number of piperidine rings is 1. The zero-order chi connectivity index (χ0) is 22.1. The molecule has 1 aliphatic rings. The van der Waals surface area contributed by atoms with Crippen molar-refractivity contribution >= 4 is 28.6 Å². The number of likely N-dealkylation sites (tertiary alicyclic amines) is 1. The van der Waals surface area contributed by atoms with Crippen LogP contribution in [0.1, 0.15) is 54.3 Å². The third-order valence-corrected chi connectivity index (χ3v) is 5.22. The molecule has 160 valence electrons. The molecule has 0 aliphatic carbocycles. The molecule has 0 aromatic heterocycles. The summed E-state index contributed by atoms with van der Waals surface area (Å²) in [6, 6.07) is 11.1. The van der Waals surface area contributed by atoms with Crippen LogP contribution >= 0.6 is 0 Å². The Kier molecular flexibility index (Phi) is 6.15. The zero-order valence-electron chi connectivity index (χ0n) is 18.4. The van der Waals surface area contributed by atoms with Gasteiger partial charge in [0.1, 0.15) is 5.60 Å². The van der Waals surface area contributed by atoms with E-state index in [0.717, 1.165) is 23.6 Å². The fraction of sp³-hybridized carbons (Fsp3) is 0.458. The fourth-order valence-electron chi connectivity index (χ4n) is 3.71. The summed E-state index contributed by atoms with van der Waals surface area (Å²) in [5, 5.41) is 1.83. The molecule has 3 rings (SSSR count). The third kappa shape index (κ3) is 4.99. The number of carbonyl (C=O) groups excluding carboxylic acids is 3.